The fraction of sp³-hybridized carbons (Fsp3) is 0.538. The molecule has 0 unspecified atom stereocenters. The summed E-state index contributed by atoms with van der Waals surface area (Å²) in [6, 6.07) is 15.3. The lowest BCUT2D eigenvalue weighted by molar-refractivity contribution is -0.138. The lowest BCUT2D eigenvalue weighted by Gasteiger charge is -2.37. The van der Waals surface area contributed by atoms with E-state index in [1.165, 1.54) is 11.1 Å². The maximum atomic E-state index is 14.4. The molecular formula is C39H50N4O4. The summed E-state index contributed by atoms with van der Waals surface area (Å²) in [6.07, 6.45) is 12.2. The van der Waals surface area contributed by atoms with E-state index in [0.29, 0.717) is 31.2 Å². The first-order chi connectivity index (χ1) is 22.7. The summed E-state index contributed by atoms with van der Waals surface area (Å²) < 4.78 is 7.45. The van der Waals surface area contributed by atoms with Crippen LogP contribution in [0.5, 0.6) is 5.75 Å². The molecule has 3 aromatic rings. The second-order valence-corrected chi connectivity index (χ2v) is 14.4. The monoisotopic (exact) mass is 638 g/mol. The second-order valence-electron chi connectivity index (χ2n) is 14.4. The highest BCUT2D eigenvalue weighted by Gasteiger charge is 2.36. The van der Waals surface area contributed by atoms with Crippen LogP contribution in [0.2, 0.25) is 0 Å². The number of Topliss-reactive ketones (excluding diaryl/α,β-unsaturated/α-hetero) is 1. The fourth-order valence-corrected chi connectivity index (χ4v) is 7.74. The van der Waals surface area contributed by atoms with E-state index in [-0.39, 0.29) is 41.5 Å². The average molecular weight is 639 g/mol. The quantitative estimate of drug-likeness (QED) is 0.250. The number of ketones is 1. The highest BCUT2D eigenvalue weighted by atomic mass is 16.5. The first kappa shape index (κ1) is 33.0. The molecular weight excluding hydrogens is 588 g/mol. The average Bonchev–Trinajstić information content (AvgIpc) is 3.57. The number of hydrogen-bond acceptors (Lipinski definition) is 5. The van der Waals surface area contributed by atoms with Crippen LogP contribution >= 0.6 is 0 Å². The predicted molar refractivity (Wildman–Crippen MR) is 184 cm³/mol. The van der Waals surface area contributed by atoms with Gasteiger partial charge in [0.25, 0.3) is 0 Å². The molecule has 3 fully saturated rings. The molecule has 6 rings (SSSR count). The summed E-state index contributed by atoms with van der Waals surface area (Å²) in [6.45, 7) is 7.06. The Morgan fingerprint density at radius 2 is 1.70 bits per heavy atom. The summed E-state index contributed by atoms with van der Waals surface area (Å²) in [7, 11) is 1.72. The summed E-state index contributed by atoms with van der Waals surface area (Å²) >= 11 is 0. The number of methoxy groups -OCH3 is 1. The Morgan fingerprint density at radius 1 is 0.957 bits per heavy atom. The number of hydrogen-bond donors (Lipinski definition) is 1. The molecule has 8 nitrogen and oxygen atoms in total. The molecule has 2 amide bonds. The number of aryl methyl sites for hydroxylation is 1. The molecule has 47 heavy (non-hydrogen) atoms. The third-order valence-electron chi connectivity index (χ3n) is 10.8. The van der Waals surface area contributed by atoms with Gasteiger partial charge < -0.3 is 15.0 Å². The normalized spacial score (nSPS) is 23.3. The van der Waals surface area contributed by atoms with Crippen molar-refractivity contribution in [2.75, 3.05) is 18.6 Å². The van der Waals surface area contributed by atoms with E-state index in [0.717, 1.165) is 73.9 Å². The van der Waals surface area contributed by atoms with Crippen LogP contribution in [0.1, 0.15) is 101 Å². The van der Waals surface area contributed by atoms with Crippen molar-refractivity contribution < 1.29 is 19.1 Å². The number of anilines is 1. The molecule has 1 N–H and O–H groups in total. The summed E-state index contributed by atoms with van der Waals surface area (Å²) in [5, 5.41) is 7.71. The number of amides is 2. The third kappa shape index (κ3) is 7.63. The van der Waals surface area contributed by atoms with E-state index in [1.54, 1.807) is 7.11 Å². The van der Waals surface area contributed by atoms with Gasteiger partial charge in [-0.05, 0) is 119 Å². The molecule has 250 valence electrons. The van der Waals surface area contributed by atoms with Crippen molar-refractivity contribution in [3.05, 3.63) is 66.0 Å². The van der Waals surface area contributed by atoms with E-state index in [1.807, 2.05) is 10.9 Å². The van der Waals surface area contributed by atoms with Gasteiger partial charge in [0.05, 0.1) is 19.2 Å². The number of ether oxygens (including phenoxy) is 1. The van der Waals surface area contributed by atoms with Gasteiger partial charge in [0.15, 0.2) is 0 Å². The Bertz CT molecular complexity index is 1570. The van der Waals surface area contributed by atoms with Gasteiger partial charge in [-0.1, -0.05) is 24.3 Å². The van der Waals surface area contributed by atoms with Gasteiger partial charge in [-0.2, -0.15) is 5.10 Å². The standard InChI is InChI=1S/C39H50N4O4/c1-25(2)43-24-33(22-40-43)30-6-5-7-35(19-30)42(23-27-8-10-28(11-9-27)31-14-17-37(47-4)26(3)18-31)39(46)29-12-15-34(16-13-29)41-38(45)32-20-36(44)21-32/h5-7,14,17-19,22,24-25,27-29,32,34H,8-13,15-16,20-21,23H2,1-4H3,(H,41,45)/t27-,28-,29-,34-. The molecule has 0 bridgehead atoms. The smallest absolute Gasteiger partial charge is 0.230 e. The third-order valence-corrected chi connectivity index (χ3v) is 10.8. The molecule has 3 aliphatic rings. The lowest BCUT2D eigenvalue weighted by atomic mass is 9.78. The number of benzene rings is 2. The zero-order valence-corrected chi connectivity index (χ0v) is 28.4. The minimum absolute atomic E-state index is 0.000916. The number of nitrogens with zero attached hydrogens (tertiary/aromatic N) is 3. The van der Waals surface area contributed by atoms with Crippen LogP contribution in [0, 0.1) is 24.7 Å². The molecule has 0 aliphatic heterocycles. The van der Waals surface area contributed by atoms with E-state index in [9.17, 15) is 14.4 Å². The van der Waals surface area contributed by atoms with Crippen LogP contribution in [-0.2, 0) is 14.4 Å². The van der Waals surface area contributed by atoms with Crippen LogP contribution in [0.3, 0.4) is 0 Å². The highest BCUT2D eigenvalue weighted by Crippen LogP contribution is 2.39. The second kappa shape index (κ2) is 14.4. The van der Waals surface area contributed by atoms with E-state index in [2.05, 4.69) is 84.7 Å². The van der Waals surface area contributed by atoms with Crippen LogP contribution < -0.4 is 15.0 Å². The molecule has 0 atom stereocenters. The van der Waals surface area contributed by atoms with E-state index >= 15 is 0 Å². The Kier molecular flexibility index (Phi) is 10.1. The van der Waals surface area contributed by atoms with Crippen molar-refractivity contribution >= 4 is 23.3 Å². The van der Waals surface area contributed by atoms with E-state index < -0.39 is 0 Å². The molecule has 0 saturated heterocycles. The SMILES string of the molecule is COc1ccc([C@H]2CC[C@H](CN(c3cccc(-c4cnn(C(C)C)c4)c3)C(=O)[C@H]3CC[C@H](NC(=O)C4CC(=O)C4)CC3)CC2)cc1C. The van der Waals surface area contributed by atoms with Gasteiger partial charge >= 0.3 is 0 Å². The molecule has 1 aromatic heterocycles. The Morgan fingerprint density at radius 3 is 2.34 bits per heavy atom. The van der Waals surface area contributed by atoms with E-state index in [4.69, 9.17) is 4.74 Å². The maximum absolute atomic E-state index is 14.4. The van der Waals surface area contributed by atoms with Crippen molar-refractivity contribution in [1.29, 1.82) is 0 Å². The predicted octanol–water partition coefficient (Wildman–Crippen LogP) is 7.41. The Balaban J connectivity index is 1.15. The minimum atomic E-state index is -0.166. The largest absolute Gasteiger partial charge is 0.496 e. The number of carbonyl (C=O) groups excluding carboxylic acids is 3. The zero-order chi connectivity index (χ0) is 33.1. The van der Waals surface area contributed by atoms with Gasteiger partial charge in [0.1, 0.15) is 11.5 Å². The highest BCUT2D eigenvalue weighted by molar-refractivity contribution is 5.97. The van der Waals surface area contributed by atoms with Crippen molar-refractivity contribution in [3.63, 3.8) is 0 Å². The van der Waals surface area contributed by atoms with Crippen molar-refractivity contribution in [1.82, 2.24) is 15.1 Å². The van der Waals surface area contributed by atoms with Gasteiger partial charge in [-0.25, -0.2) is 0 Å². The van der Waals surface area contributed by atoms with Crippen molar-refractivity contribution in [2.24, 2.45) is 17.8 Å². The molecule has 1 heterocycles. The number of nitrogens with one attached hydrogen (secondary N) is 1. The van der Waals surface area contributed by atoms with Crippen molar-refractivity contribution in [2.45, 2.75) is 103 Å². The van der Waals surface area contributed by atoms with Crippen LogP contribution in [0.4, 0.5) is 5.69 Å². The fourth-order valence-electron chi connectivity index (χ4n) is 7.74. The maximum Gasteiger partial charge on any atom is 0.230 e. The first-order valence-corrected chi connectivity index (χ1v) is 17.6. The molecule has 0 spiro atoms. The summed E-state index contributed by atoms with van der Waals surface area (Å²) in [5.41, 5.74) is 5.62. The van der Waals surface area contributed by atoms with Crippen molar-refractivity contribution in [3.8, 4) is 16.9 Å². The topological polar surface area (TPSA) is 93.5 Å². The first-order valence-electron chi connectivity index (χ1n) is 17.6. The minimum Gasteiger partial charge on any atom is -0.496 e. The Labute approximate surface area is 279 Å². The van der Waals surface area contributed by atoms with Gasteiger partial charge in [0.2, 0.25) is 11.8 Å². The number of carbonyl (C=O) groups is 3. The number of rotatable bonds is 10. The number of aromatic nitrogens is 2. The zero-order valence-electron chi connectivity index (χ0n) is 28.4. The molecule has 3 aliphatic carbocycles. The molecule has 2 aromatic carbocycles. The summed E-state index contributed by atoms with van der Waals surface area (Å²) in [5.74, 6) is 2.03. The summed E-state index contributed by atoms with van der Waals surface area (Å²) in [4.78, 5) is 40.4. The van der Waals surface area contributed by atoms with Crippen LogP contribution in [-0.4, -0.2) is 47.1 Å². The van der Waals surface area contributed by atoms with Crippen LogP contribution in [0.15, 0.2) is 54.9 Å². The molecule has 8 heteroatoms. The van der Waals surface area contributed by atoms with Gasteiger partial charge in [-0.15, -0.1) is 0 Å². The van der Waals surface area contributed by atoms with Crippen LogP contribution in [0.25, 0.3) is 11.1 Å². The lowest BCUT2D eigenvalue weighted by Crippen LogP contribution is -2.47. The Hall–Kier alpha value is -3.94. The molecule has 0 radical (unpaired) electrons. The molecule has 3 saturated carbocycles. The van der Waals surface area contributed by atoms with Gasteiger partial charge in [0, 0.05) is 54.8 Å². The van der Waals surface area contributed by atoms with Gasteiger partial charge in [-0.3, -0.25) is 19.1 Å².